The molecule has 6 nitrogen and oxygen atoms in total. The second kappa shape index (κ2) is 7.00. The number of amides is 1. The molecule has 0 unspecified atom stereocenters. The summed E-state index contributed by atoms with van der Waals surface area (Å²) in [6.07, 6.45) is 0.600. The number of hydrogen-bond acceptors (Lipinski definition) is 5. The van der Waals surface area contributed by atoms with Crippen molar-refractivity contribution in [3.05, 3.63) is 47.3 Å². The number of para-hydroxylation sites is 1. The lowest BCUT2D eigenvalue weighted by Gasteiger charge is -2.20. The van der Waals surface area contributed by atoms with E-state index in [-0.39, 0.29) is 23.3 Å². The van der Waals surface area contributed by atoms with Crippen molar-refractivity contribution < 1.29 is 13.6 Å². The van der Waals surface area contributed by atoms with Crippen LogP contribution in [0.15, 0.2) is 24.3 Å². The van der Waals surface area contributed by atoms with Crippen molar-refractivity contribution in [3.8, 4) is 0 Å². The molecule has 2 heterocycles. The molecule has 132 valence electrons. The Balaban J connectivity index is 1.69. The maximum Gasteiger partial charge on any atom is 0.270 e. The van der Waals surface area contributed by atoms with Gasteiger partial charge in [-0.2, -0.15) is 0 Å². The molecule has 2 aromatic rings. The zero-order valence-corrected chi connectivity index (χ0v) is 14.0. The predicted octanol–water partition coefficient (Wildman–Crippen LogP) is 2.11. The van der Waals surface area contributed by atoms with E-state index in [1.165, 1.54) is 18.2 Å². The van der Waals surface area contributed by atoms with E-state index < -0.39 is 11.6 Å². The first-order valence-electron chi connectivity index (χ1n) is 8.01. The lowest BCUT2D eigenvalue weighted by molar-refractivity contribution is 0.0935. The van der Waals surface area contributed by atoms with Crippen molar-refractivity contribution in [1.82, 2.24) is 15.3 Å². The highest BCUT2D eigenvalue weighted by Gasteiger charge is 2.28. The van der Waals surface area contributed by atoms with Crippen molar-refractivity contribution >= 4 is 17.5 Å². The van der Waals surface area contributed by atoms with Crippen LogP contribution in [0.25, 0.3) is 0 Å². The molecule has 1 amide bonds. The van der Waals surface area contributed by atoms with Crippen LogP contribution in [-0.2, 0) is 0 Å². The van der Waals surface area contributed by atoms with Crippen LogP contribution >= 0.6 is 0 Å². The maximum absolute atomic E-state index is 13.9. The highest BCUT2D eigenvalue weighted by molar-refractivity contribution is 5.92. The fourth-order valence-corrected chi connectivity index (χ4v) is 2.93. The molecule has 0 spiro atoms. The van der Waals surface area contributed by atoms with E-state index in [2.05, 4.69) is 20.6 Å². The minimum Gasteiger partial charge on any atom is -0.365 e. The summed E-state index contributed by atoms with van der Waals surface area (Å²) in [5.74, 6) is -1.16. The highest BCUT2D eigenvalue weighted by atomic mass is 19.1. The maximum atomic E-state index is 13.9. The molecule has 0 bridgehead atoms. The monoisotopic (exact) mass is 347 g/mol. The molecule has 1 atom stereocenters. The van der Waals surface area contributed by atoms with Crippen LogP contribution in [0.1, 0.15) is 22.6 Å². The Morgan fingerprint density at radius 1 is 1.28 bits per heavy atom. The van der Waals surface area contributed by atoms with Gasteiger partial charge in [0.15, 0.2) is 0 Å². The number of anilines is 2. The number of carbonyl (C=O) groups excluding carboxylic acids is 1. The van der Waals surface area contributed by atoms with E-state index in [4.69, 9.17) is 0 Å². The summed E-state index contributed by atoms with van der Waals surface area (Å²) in [5, 5.41) is 5.67. The quantitative estimate of drug-likeness (QED) is 0.887. The van der Waals surface area contributed by atoms with Gasteiger partial charge >= 0.3 is 0 Å². The first-order chi connectivity index (χ1) is 12.0. The summed E-state index contributed by atoms with van der Waals surface area (Å²) in [6, 6.07) is 5.18. The van der Waals surface area contributed by atoms with Crippen LogP contribution in [0.2, 0.25) is 0 Å². The van der Waals surface area contributed by atoms with E-state index in [1.807, 2.05) is 0 Å². The number of aryl methyl sites for hydroxylation is 1. The molecule has 1 aliphatic rings. The molecule has 1 saturated heterocycles. The van der Waals surface area contributed by atoms with Crippen LogP contribution in [-0.4, -0.2) is 42.1 Å². The average molecular weight is 347 g/mol. The molecular weight excluding hydrogens is 328 g/mol. The first kappa shape index (κ1) is 17.1. The van der Waals surface area contributed by atoms with Crippen molar-refractivity contribution in [2.45, 2.75) is 19.4 Å². The Kier molecular flexibility index (Phi) is 4.78. The van der Waals surface area contributed by atoms with Crippen molar-refractivity contribution in [2.75, 3.05) is 30.4 Å². The topological polar surface area (TPSA) is 70.2 Å². The molecule has 3 rings (SSSR count). The zero-order valence-electron chi connectivity index (χ0n) is 14.0. The number of hydrogen-bond donors (Lipinski definition) is 2. The number of rotatable bonds is 4. The molecule has 2 N–H and O–H groups in total. The Morgan fingerprint density at radius 2 is 2.00 bits per heavy atom. The fraction of sp³-hybridized carbons (Fsp3) is 0.353. The summed E-state index contributed by atoms with van der Waals surface area (Å²) < 4.78 is 27.8. The van der Waals surface area contributed by atoms with Crippen LogP contribution in [0.5, 0.6) is 0 Å². The second-order valence-corrected chi connectivity index (χ2v) is 5.94. The van der Waals surface area contributed by atoms with Crippen molar-refractivity contribution in [3.63, 3.8) is 0 Å². The van der Waals surface area contributed by atoms with Gasteiger partial charge in [-0.25, -0.2) is 18.7 Å². The summed E-state index contributed by atoms with van der Waals surface area (Å²) in [7, 11) is 1.67. The standard InChI is InChI=1S/C17H19F2N5O/c1-10-8-14(23-17(20-2)21-10)16(25)22-11-6-7-24(9-11)15-12(18)4-3-5-13(15)19/h3-5,8,11H,6-7,9H2,1-2H3,(H,22,25)(H,20,21,23)/t11-/m0/s1. The minimum atomic E-state index is -0.600. The molecule has 1 aromatic heterocycles. The van der Waals surface area contributed by atoms with Crippen LogP contribution in [0.3, 0.4) is 0 Å². The number of benzene rings is 1. The minimum absolute atomic E-state index is 0.0467. The SMILES string of the molecule is CNc1nc(C)cc(C(=O)N[C@H]2CCN(c3c(F)cccc3F)C2)n1. The summed E-state index contributed by atoms with van der Waals surface area (Å²) in [5.41, 5.74) is 0.882. The average Bonchev–Trinajstić information content (AvgIpc) is 3.02. The summed E-state index contributed by atoms with van der Waals surface area (Å²) in [6.45, 7) is 2.58. The van der Waals surface area contributed by atoms with Crippen LogP contribution in [0.4, 0.5) is 20.4 Å². The Bertz CT molecular complexity index is 778. The third-order valence-electron chi connectivity index (χ3n) is 4.09. The van der Waals surface area contributed by atoms with Gasteiger partial charge in [0.05, 0.1) is 0 Å². The molecule has 0 saturated carbocycles. The van der Waals surface area contributed by atoms with Crippen LogP contribution in [0, 0.1) is 18.6 Å². The third kappa shape index (κ3) is 3.67. The van der Waals surface area contributed by atoms with Gasteiger partial charge in [-0.05, 0) is 31.5 Å². The number of halogens is 2. The molecule has 1 aliphatic heterocycles. The van der Waals surface area contributed by atoms with Crippen molar-refractivity contribution in [1.29, 1.82) is 0 Å². The zero-order chi connectivity index (χ0) is 18.0. The largest absolute Gasteiger partial charge is 0.365 e. The Hall–Kier alpha value is -2.77. The first-order valence-corrected chi connectivity index (χ1v) is 8.01. The lowest BCUT2D eigenvalue weighted by Crippen LogP contribution is -2.37. The predicted molar refractivity (Wildman–Crippen MR) is 90.8 cm³/mol. The van der Waals surface area contributed by atoms with E-state index >= 15 is 0 Å². The molecule has 1 fully saturated rings. The van der Waals surface area contributed by atoms with Gasteiger partial charge < -0.3 is 15.5 Å². The molecule has 0 radical (unpaired) electrons. The third-order valence-corrected chi connectivity index (χ3v) is 4.09. The smallest absolute Gasteiger partial charge is 0.270 e. The normalized spacial score (nSPS) is 16.8. The number of nitrogens with zero attached hydrogens (tertiary/aromatic N) is 3. The van der Waals surface area contributed by atoms with Crippen molar-refractivity contribution in [2.24, 2.45) is 0 Å². The summed E-state index contributed by atoms with van der Waals surface area (Å²) >= 11 is 0. The van der Waals surface area contributed by atoms with E-state index in [9.17, 15) is 13.6 Å². The van der Waals surface area contributed by atoms with E-state index in [1.54, 1.807) is 24.9 Å². The van der Waals surface area contributed by atoms with Gasteiger partial charge in [0.25, 0.3) is 5.91 Å². The summed E-state index contributed by atoms with van der Waals surface area (Å²) in [4.78, 5) is 22.3. The van der Waals surface area contributed by atoms with E-state index in [0.717, 1.165) is 0 Å². The second-order valence-electron chi connectivity index (χ2n) is 5.94. The van der Waals surface area contributed by atoms with Gasteiger partial charge in [0, 0.05) is 31.9 Å². The van der Waals surface area contributed by atoms with Gasteiger partial charge in [0.2, 0.25) is 5.95 Å². The Labute approximate surface area is 144 Å². The molecule has 1 aromatic carbocycles. The Morgan fingerprint density at radius 3 is 2.68 bits per heavy atom. The number of nitrogens with one attached hydrogen (secondary N) is 2. The number of carbonyl (C=O) groups is 1. The van der Waals surface area contributed by atoms with Crippen LogP contribution < -0.4 is 15.5 Å². The number of aromatic nitrogens is 2. The van der Waals surface area contributed by atoms with Gasteiger partial charge in [-0.3, -0.25) is 4.79 Å². The molecule has 0 aliphatic carbocycles. The van der Waals surface area contributed by atoms with Gasteiger partial charge in [0.1, 0.15) is 23.0 Å². The lowest BCUT2D eigenvalue weighted by atomic mass is 10.2. The van der Waals surface area contributed by atoms with Gasteiger partial charge in [-0.15, -0.1) is 0 Å². The highest BCUT2D eigenvalue weighted by Crippen LogP contribution is 2.26. The molecular formula is C17H19F2N5O. The van der Waals surface area contributed by atoms with Gasteiger partial charge in [-0.1, -0.05) is 6.07 Å². The molecule has 25 heavy (non-hydrogen) atoms. The fourth-order valence-electron chi connectivity index (χ4n) is 2.93. The van der Waals surface area contributed by atoms with E-state index in [0.29, 0.717) is 31.2 Å². The molecule has 8 heteroatoms.